The van der Waals surface area contributed by atoms with Crippen LogP contribution in [-0.4, -0.2) is 20.6 Å². The first kappa shape index (κ1) is 19.8. The maximum atomic E-state index is 13.3. The van der Waals surface area contributed by atoms with Gasteiger partial charge in [-0.15, -0.1) is 22.7 Å². The predicted octanol–water partition coefficient (Wildman–Crippen LogP) is 5.31. The van der Waals surface area contributed by atoms with Gasteiger partial charge in [-0.3, -0.25) is 15.0 Å². The number of fused-ring (bicyclic) bond motifs is 1. The molecular formula is C22H16N4O2S3. The summed E-state index contributed by atoms with van der Waals surface area (Å²) in [4.78, 5) is 37.3. The van der Waals surface area contributed by atoms with Crippen molar-refractivity contribution in [3.8, 4) is 21.7 Å². The SMILES string of the molecule is Cc1nc(-c2ccsc2)sc1C(=O)Nn1cnc2sc(C)c(-c3ccccc3)c2c1=O. The van der Waals surface area contributed by atoms with Crippen LogP contribution >= 0.6 is 34.0 Å². The Bertz CT molecular complexity index is 1460. The van der Waals surface area contributed by atoms with E-state index in [1.54, 1.807) is 18.3 Å². The molecule has 0 spiro atoms. The zero-order valence-electron chi connectivity index (χ0n) is 16.6. The average Bonchev–Trinajstić information content (AvgIpc) is 3.49. The van der Waals surface area contributed by atoms with Crippen molar-refractivity contribution in [2.24, 2.45) is 0 Å². The van der Waals surface area contributed by atoms with E-state index in [9.17, 15) is 9.59 Å². The van der Waals surface area contributed by atoms with Gasteiger partial charge in [-0.1, -0.05) is 30.3 Å². The highest BCUT2D eigenvalue weighted by molar-refractivity contribution is 7.19. The predicted molar refractivity (Wildman–Crippen MR) is 128 cm³/mol. The lowest BCUT2D eigenvalue weighted by Gasteiger charge is -2.08. The van der Waals surface area contributed by atoms with Crippen molar-refractivity contribution < 1.29 is 4.79 Å². The number of rotatable bonds is 4. The minimum atomic E-state index is -0.382. The van der Waals surface area contributed by atoms with Crippen LogP contribution in [0, 0.1) is 13.8 Å². The monoisotopic (exact) mass is 464 g/mol. The minimum Gasteiger partial charge on any atom is -0.267 e. The van der Waals surface area contributed by atoms with E-state index in [4.69, 9.17) is 0 Å². The number of nitrogens with zero attached hydrogens (tertiary/aromatic N) is 3. The number of benzene rings is 1. The second kappa shape index (κ2) is 7.84. The summed E-state index contributed by atoms with van der Waals surface area (Å²) < 4.78 is 1.16. The van der Waals surface area contributed by atoms with Gasteiger partial charge in [-0.25, -0.2) is 14.6 Å². The quantitative estimate of drug-likeness (QED) is 0.391. The Hall–Kier alpha value is -3.14. The average molecular weight is 465 g/mol. The highest BCUT2D eigenvalue weighted by atomic mass is 32.1. The molecule has 31 heavy (non-hydrogen) atoms. The Morgan fingerprint density at radius 3 is 2.61 bits per heavy atom. The van der Waals surface area contributed by atoms with Gasteiger partial charge in [0.25, 0.3) is 11.5 Å². The number of nitrogens with one attached hydrogen (secondary N) is 1. The number of aryl methyl sites for hydroxylation is 2. The van der Waals surface area contributed by atoms with Crippen molar-refractivity contribution in [2.75, 3.05) is 5.43 Å². The Morgan fingerprint density at radius 2 is 1.87 bits per heavy atom. The van der Waals surface area contributed by atoms with E-state index in [0.717, 1.165) is 31.3 Å². The summed E-state index contributed by atoms with van der Waals surface area (Å²) in [5, 5.41) is 5.26. The molecule has 0 atom stereocenters. The first-order chi connectivity index (χ1) is 15.0. The number of thiazole rings is 1. The number of thiophene rings is 2. The van der Waals surface area contributed by atoms with Crippen molar-refractivity contribution in [3.05, 3.63) is 79.3 Å². The van der Waals surface area contributed by atoms with E-state index < -0.39 is 0 Å². The largest absolute Gasteiger partial charge is 0.282 e. The summed E-state index contributed by atoms with van der Waals surface area (Å²) >= 11 is 4.36. The van der Waals surface area contributed by atoms with Crippen LogP contribution in [0.2, 0.25) is 0 Å². The number of hydrogen-bond acceptors (Lipinski definition) is 7. The fourth-order valence-electron chi connectivity index (χ4n) is 3.41. The van der Waals surface area contributed by atoms with Gasteiger partial charge in [0.1, 0.15) is 21.0 Å². The van der Waals surface area contributed by atoms with Gasteiger partial charge >= 0.3 is 0 Å². The van der Waals surface area contributed by atoms with Gasteiger partial charge in [0.2, 0.25) is 0 Å². The lowest BCUT2D eigenvalue weighted by Crippen LogP contribution is -2.33. The van der Waals surface area contributed by atoms with Crippen LogP contribution in [-0.2, 0) is 0 Å². The van der Waals surface area contributed by atoms with Gasteiger partial charge < -0.3 is 0 Å². The Kier molecular flexibility index (Phi) is 5.01. The summed E-state index contributed by atoms with van der Waals surface area (Å²) in [6.45, 7) is 3.77. The van der Waals surface area contributed by atoms with Gasteiger partial charge in [0.15, 0.2) is 0 Å². The van der Waals surface area contributed by atoms with E-state index in [1.807, 2.05) is 54.1 Å². The van der Waals surface area contributed by atoms with Crippen molar-refractivity contribution in [1.29, 1.82) is 0 Å². The van der Waals surface area contributed by atoms with E-state index >= 15 is 0 Å². The zero-order chi connectivity index (χ0) is 21.5. The Balaban J connectivity index is 1.54. The molecule has 4 heterocycles. The molecule has 0 radical (unpaired) electrons. The van der Waals surface area contributed by atoms with E-state index in [2.05, 4.69) is 15.4 Å². The third-order valence-corrected chi connectivity index (χ3v) is 7.75. The van der Waals surface area contributed by atoms with Crippen molar-refractivity contribution in [3.63, 3.8) is 0 Å². The second-order valence-electron chi connectivity index (χ2n) is 6.89. The molecule has 0 saturated heterocycles. The van der Waals surface area contributed by atoms with E-state index in [0.29, 0.717) is 20.8 Å². The molecule has 0 aliphatic rings. The third kappa shape index (κ3) is 3.50. The third-order valence-electron chi connectivity index (χ3n) is 4.84. The molecule has 4 aromatic heterocycles. The van der Waals surface area contributed by atoms with E-state index in [-0.39, 0.29) is 11.5 Å². The molecule has 0 bridgehead atoms. The van der Waals surface area contributed by atoms with Crippen molar-refractivity contribution in [1.82, 2.24) is 14.6 Å². The first-order valence-electron chi connectivity index (χ1n) is 9.40. The molecule has 5 aromatic rings. The summed E-state index contributed by atoms with van der Waals surface area (Å²) in [6, 6.07) is 11.7. The smallest absolute Gasteiger partial charge is 0.267 e. The topological polar surface area (TPSA) is 76.9 Å². The van der Waals surface area contributed by atoms with Crippen LogP contribution < -0.4 is 11.0 Å². The van der Waals surface area contributed by atoms with E-state index in [1.165, 1.54) is 29.0 Å². The van der Waals surface area contributed by atoms with Crippen molar-refractivity contribution in [2.45, 2.75) is 13.8 Å². The maximum absolute atomic E-state index is 13.3. The number of hydrogen-bond donors (Lipinski definition) is 1. The molecule has 154 valence electrons. The highest BCUT2D eigenvalue weighted by Gasteiger charge is 2.20. The molecular weight excluding hydrogens is 448 g/mol. The molecule has 6 nitrogen and oxygen atoms in total. The van der Waals surface area contributed by atoms with Crippen LogP contribution in [0.3, 0.4) is 0 Å². The van der Waals surface area contributed by atoms with Gasteiger partial charge in [-0.05, 0) is 30.9 Å². The minimum absolute atomic E-state index is 0.304. The maximum Gasteiger partial charge on any atom is 0.282 e. The molecule has 0 fully saturated rings. The fraction of sp³-hybridized carbons (Fsp3) is 0.0909. The standard InChI is InChI=1S/C22H16N4O2S3/c1-12-18(31-20(24-12)15-8-9-29-10-15)19(27)25-26-11-23-21-17(22(26)28)16(13(2)30-21)14-6-4-3-5-7-14/h3-11H,1-2H3,(H,25,27). The number of carbonyl (C=O) groups excluding carboxylic acids is 1. The lowest BCUT2D eigenvalue weighted by atomic mass is 10.0. The molecule has 1 amide bonds. The molecule has 0 aliphatic heterocycles. The molecule has 1 aromatic carbocycles. The second-order valence-corrected chi connectivity index (χ2v) is 9.87. The molecule has 0 unspecified atom stereocenters. The van der Waals surface area contributed by atoms with Crippen LogP contribution in [0.15, 0.2) is 58.3 Å². The van der Waals surface area contributed by atoms with Crippen molar-refractivity contribution >= 4 is 50.1 Å². The van der Waals surface area contributed by atoms with Crippen LogP contribution in [0.4, 0.5) is 0 Å². The van der Waals surface area contributed by atoms with Gasteiger partial charge in [-0.2, -0.15) is 11.3 Å². The fourth-order valence-corrected chi connectivity index (χ4v) is 6.08. The molecule has 5 rings (SSSR count). The van der Waals surface area contributed by atoms with Gasteiger partial charge in [0, 0.05) is 21.4 Å². The summed E-state index contributed by atoms with van der Waals surface area (Å²) in [5.74, 6) is -0.382. The summed E-state index contributed by atoms with van der Waals surface area (Å²) in [5.41, 5.74) is 5.80. The number of aromatic nitrogens is 3. The summed E-state index contributed by atoms with van der Waals surface area (Å²) in [6.07, 6.45) is 1.36. The van der Waals surface area contributed by atoms with Crippen LogP contribution in [0.5, 0.6) is 0 Å². The molecule has 1 N–H and O–H groups in total. The molecule has 0 aliphatic carbocycles. The normalized spacial score (nSPS) is 11.2. The summed E-state index contributed by atoms with van der Waals surface area (Å²) in [7, 11) is 0. The van der Waals surface area contributed by atoms with Crippen LogP contribution in [0.1, 0.15) is 20.2 Å². The first-order valence-corrected chi connectivity index (χ1v) is 12.0. The Morgan fingerprint density at radius 1 is 1.06 bits per heavy atom. The van der Waals surface area contributed by atoms with Crippen LogP contribution in [0.25, 0.3) is 31.9 Å². The Labute approximate surface area is 189 Å². The number of carbonyl (C=O) groups is 1. The lowest BCUT2D eigenvalue weighted by molar-refractivity contribution is 0.101. The number of amides is 1. The molecule has 0 saturated carbocycles. The molecule has 9 heteroatoms. The van der Waals surface area contributed by atoms with Gasteiger partial charge in [0.05, 0.1) is 11.1 Å². The zero-order valence-corrected chi connectivity index (χ0v) is 19.0. The highest BCUT2D eigenvalue weighted by Crippen LogP contribution is 2.35.